The predicted octanol–water partition coefficient (Wildman–Crippen LogP) is 1.96. The van der Waals surface area contributed by atoms with E-state index in [0.29, 0.717) is 6.04 Å². The smallest absolute Gasteiger partial charge is 0.0820 e. The summed E-state index contributed by atoms with van der Waals surface area (Å²) in [6.07, 6.45) is 2.51. The second-order valence-electron chi connectivity index (χ2n) is 5.24. The molecule has 0 spiro atoms. The summed E-state index contributed by atoms with van der Waals surface area (Å²) in [5.74, 6) is 0. The minimum Gasteiger partial charge on any atom is -0.390 e. The molecule has 0 amide bonds. The van der Waals surface area contributed by atoms with Crippen molar-refractivity contribution < 1.29 is 5.11 Å². The van der Waals surface area contributed by atoms with E-state index in [-0.39, 0.29) is 12.1 Å². The van der Waals surface area contributed by atoms with Crippen molar-refractivity contribution in [2.45, 2.75) is 31.5 Å². The molecular weight excluding hydrogens is 236 g/mol. The molecular formula is C16H24N2O. The minimum atomic E-state index is -0.306. The lowest BCUT2D eigenvalue weighted by molar-refractivity contribution is 0.0247. The number of hydrogen-bond donors (Lipinski definition) is 2. The lowest BCUT2D eigenvalue weighted by Gasteiger charge is -2.39. The third-order valence-corrected chi connectivity index (χ3v) is 3.97. The van der Waals surface area contributed by atoms with Gasteiger partial charge in [-0.15, -0.1) is 6.58 Å². The fourth-order valence-corrected chi connectivity index (χ4v) is 2.72. The molecule has 0 aliphatic carbocycles. The van der Waals surface area contributed by atoms with E-state index in [1.54, 1.807) is 0 Å². The van der Waals surface area contributed by atoms with Crippen molar-refractivity contribution >= 4 is 0 Å². The van der Waals surface area contributed by atoms with Crippen molar-refractivity contribution in [1.29, 1.82) is 0 Å². The Morgan fingerprint density at radius 2 is 2.21 bits per heavy atom. The summed E-state index contributed by atoms with van der Waals surface area (Å²) in [6.45, 7) is 8.41. The monoisotopic (exact) mass is 260 g/mol. The molecule has 0 saturated carbocycles. The van der Waals surface area contributed by atoms with Gasteiger partial charge in [0, 0.05) is 31.7 Å². The molecule has 2 rings (SSSR count). The van der Waals surface area contributed by atoms with Crippen LogP contribution in [-0.4, -0.2) is 41.8 Å². The van der Waals surface area contributed by atoms with Crippen molar-refractivity contribution in [3.63, 3.8) is 0 Å². The Hall–Kier alpha value is -1.16. The predicted molar refractivity (Wildman–Crippen MR) is 79.0 cm³/mol. The van der Waals surface area contributed by atoms with Crippen LogP contribution in [0.2, 0.25) is 0 Å². The topological polar surface area (TPSA) is 35.5 Å². The number of nitrogens with zero attached hydrogens (tertiary/aromatic N) is 1. The molecule has 1 aromatic carbocycles. The Labute approximate surface area is 115 Å². The first-order valence-electron chi connectivity index (χ1n) is 7.03. The summed E-state index contributed by atoms with van der Waals surface area (Å²) in [4.78, 5) is 2.35. The number of hydrogen-bond acceptors (Lipinski definition) is 3. The largest absolute Gasteiger partial charge is 0.390 e. The average molecular weight is 260 g/mol. The van der Waals surface area contributed by atoms with E-state index in [1.165, 1.54) is 5.56 Å². The van der Waals surface area contributed by atoms with Crippen LogP contribution in [0.15, 0.2) is 43.0 Å². The number of likely N-dealkylation sites (tertiary alicyclic amines) is 1. The Kier molecular flexibility index (Phi) is 5.14. The zero-order chi connectivity index (χ0) is 13.7. The van der Waals surface area contributed by atoms with Gasteiger partial charge in [0.1, 0.15) is 0 Å². The Morgan fingerprint density at radius 3 is 2.84 bits per heavy atom. The molecule has 1 aliphatic heterocycles. The molecule has 19 heavy (non-hydrogen) atoms. The second-order valence-corrected chi connectivity index (χ2v) is 5.24. The molecule has 1 aliphatic rings. The number of aliphatic hydroxyl groups is 1. The SMILES string of the molecule is C=CCN[C@@H]1CCN(C(C)c2ccccc2)C[C@H]1O. The number of nitrogens with one attached hydrogen (secondary N) is 1. The summed E-state index contributed by atoms with van der Waals surface area (Å²) >= 11 is 0. The zero-order valence-corrected chi connectivity index (χ0v) is 11.6. The van der Waals surface area contributed by atoms with Crippen LogP contribution in [0, 0.1) is 0 Å². The summed E-state index contributed by atoms with van der Waals surface area (Å²) in [6, 6.07) is 11.0. The summed E-state index contributed by atoms with van der Waals surface area (Å²) in [5.41, 5.74) is 1.31. The molecule has 3 atom stereocenters. The Balaban J connectivity index is 1.92. The molecule has 104 valence electrons. The highest BCUT2D eigenvalue weighted by Crippen LogP contribution is 2.24. The van der Waals surface area contributed by atoms with Crippen LogP contribution in [-0.2, 0) is 0 Å². The van der Waals surface area contributed by atoms with E-state index in [2.05, 4.69) is 48.0 Å². The third-order valence-electron chi connectivity index (χ3n) is 3.97. The number of benzene rings is 1. The van der Waals surface area contributed by atoms with E-state index in [1.807, 2.05) is 12.1 Å². The maximum absolute atomic E-state index is 10.2. The fourth-order valence-electron chi connectivity index (χ4n) is 2.72. The van der Waals surface area contributed by atoms with Gasteiger partial charge in [0.2, 0.25) is 0 Å². The number of aliphatic hydroxyl groups excluding tert-OH is 1. The minimum absolute atomic E-state index is 0.192. The maximum atomic E-state index is 10.2. The van der Waals surface area contributed by atoms with Crippen molar-refractivity contribution in [3.8, 4) is 0 Å². The van der Waals surface area contributed by atoms with Gasteiger partial charge in [-0.2, -0.15) is 0 Å². The number of rotatable bonds is 5. The van der Waals surface area contributed by atoms with Gasteiger partial charge in [0.15, 0.2) is 0 Å². The van der Waals surface area contributed by atoms with E-state index in [4.69, 9.17) is 0 Å². The van der Waals surface area contributed by atoms with E-state index < -0.39 is 0 Å². The highest BCUT2D eigenvalue weighted by molar-refractivity contribution is 5.18. The first-order valence-corrected chi connectivity index (χ1v) is 7.03. The second kappa shape index (κ2) is 6.85. The van der Waals surface area contributed by atoms with Crippen molar-refractivity contribution in [3.05, 3.63) is 48.6 Å². The summed E-state index contributed by atoms with van der Waals surface area (Å²) in [7, 11) is 0. The quantitative estimate of drug-likeness (QED) is 0.794. The molecule has 1 unspecified atom stereocenters. The first kappa shape index (κ1) is 14.3. The van der Waals surface area contributed by atoms with Crippen molar-refractivity contribution in [2.75, 3.05) is 19.6 Å². The van der Waals surface area contributed by atoms with Crippen LogP contribution in [0.5, 0.6) is 0 Å². The summed E-state index contributed by atoms with van der Waals surface area (Å²) < 4.78 is 0. The van der Waals surface area contributed by atoms with Crippen LogP contribution in [0.1, 0.15) is 24.9 Å². The Morgan fingerprint density at radius 1 is 1.47 bits per heavy atom. The highest BCUT2D eigenvalue weighted by atomic mass is 16.3. The van der Waals surface area contributed by atoms with Crippen molar-refractivity contribution in [1.82, 2.24) is 10.2 Å². The highest BCUT2D eigenvalue weighted by Gasteiger charge is 2.29. The van der Waals surface area contributed by atoms with Gasteiger partial charge < -0.3 is 10.4 Å². The van der Waals surface area contributed by atoms with Crippen LogP contribution >= 0.6 is 0 Å². The molecule has 0 bridgehead atoms. The number of piperidine rings is 1. The maximum Gasteiger partial charge on any atom is 0.0820 e. The number of β-amino-alcohol motifs (C(OH)–C–C–N with tert-alkyl or cyclic N) is 1. The van der Waals surface area contributed by atoms with Crippen LogP contribution < -0.4 is 5.32 Å². The van der Waals surface area contributed by atoms with Gasteiger partial charge in [0.05, 0.1) is 6.10 Å². The van der Waals surface area contributed by atoms with Crippen molar-refractivity contribution in [2.24, 2.45) is 0 Å². The molecule has 1 saturated heterocycles. The molecule has 0 aromatic heterocycles. The lowest BCUT2D eigenvalue weighted by Crippen LogP contribution is -2.53. The zero-order valence-electron chi connectivity index (χ0n) is 11.6. The third kappa shape index (κ3) is 3.66. The van der Waals surface area contributed by atoms with E-state index in [9.17, 15) is 5.11 Å². The molecule has 0 radical (unpaired) electrons. The molecule has 3 heteroatoms. The van der Waals surface area contributed by atoms with Gasteiger partial charge in [-0.1, -0.05) is 36.4 Å². The normalized spacial score (nSPS) is 26.0. The molecule has 1 aromatic rings. The fraction of sp³-hybridized carbons (Fsp3) is 0.500. The van der Waals surface area contributed by atoms with Crippen LogP contribution in [0.25, 0.3) is 0 Å². The van der Waals surface area contributed by atoms with E-state index >= 15 is 0 Å². The van der Waals surface area contributed by atoms with Gasteiger partial charge in [-0.3, -0.25) is 4.90 Å². The molecule has 1 heterocycles. The Bertz CT molecular complexity index is 393. The standard InChI is InChI=1S/C16H24N2O/c1-3-10-17-15-9-11-18(12-16(15)19)13(2)14-7-5-4-6-8-14/h3-8,13,15-17,19H,1,9-12H2,2H3/t13?,15-,16-/m1/s1. The molecule has 2 N–H and O–H groups in total. The lowest BCUT2D eigenvalue weighted by atomic mass is 9.98. The van der Waals surface area contributed by atoms with Crippen LogP contribution in [0.3, 0.4) is 0 Å². The van der Waals surface area contributed by atoms with Gasteiger partial charge in [-0.05, 0) is 18.9 Å². The average Bonchev–Trinajstić information content (AvgIpc) is 2.46. The molecule has 1 fully saturated rings. The van der Waals surface area contributed by atoms with Gasteiger partial charge >= 0.3 is 0 Å². The van der Waals surface area contributed by atoms with Crippen LogP contribution in [0.4, 0.5) is 0 Å². The van der Waals surface area contributed by atoms with E-state index in [0.717, 1.165) is 26.1 Å². The summed E-state index contributed by atoms with van der Waals surface area (Å²) in [5, 5.41) is 13.5. The first-order chi connectivity index (χ1) is 9.22. The van der Waals surface area contributed by atoms with Gasteiger partial charge in [-0.25, -0.2) is 0 Å². The van der Waals surface area contributed by atoms with Gasteiger partial charge in [0.25, 0.3) is 0 Å². The molecule has 3 nitrogen and oxygen atoms in total.